The Balaban J connectivity index is 1.83. The average molecular weight is 348 g/mol. The first kappa shape index (κ1) is 14.7. The second-order valence-electron chi connectivity index (χ2n) is 5.93. The fourth-order valence-electron chi connectivity index (χ4n) is 3.32. The van der Waals surface area contributed by atoms with Crippen LogP contribution < -0.4 is 5.73 Å². The third-order valence-corrected chi connectivity index (χ3v) is 5.35. The molecule has 3 heteroatoms. The zero-order valence-electron chi connectivity index (χ0n) is 11.9. The van der Waals surface area contributed by atoms with E-state index in [0.717, 1.165) is 24.8 Å². The molecule has 2 aromatic carbocycles. The van der Waals surface area contributed by atoms with E-state index in [1.54, 1.807) is 0 Å². The molecule has 0 spiro atoms. The maximum absolute atomic E-state index is 13.3. The van der Waals surface area contributed by atoms with Gasteiger partial charge in [0, 0.05) is 11.5 Å². The Labute approximate surface area is 133 Å². The molecule has 0 amide bonds. The first-order valence-corrected chi connectivity index (χ1v) is 8.16. The largest absolute Gasteiger partial charge is 0.327 e. The Kier molecular flexibility index (Phi) is 4.14. The molecule has 0 saturated heterocycles. The average Bonchev–Trinajstić information content (AvgIpc) is 2.43. The third kappa shape index (κ3) is 2.77. The summed E-state index contributed by atoms with van der Waals surface area (Å²) in [7, 11) is 0. The second-order valence-corrected chi connectivity index (χ2v) is 6.79. The van der Waals surface area contributed by atoms with E-state index in [4.69, 9.17) is 5.73 Å². The maximum atomic E-state index is 13.3. The van der Waals surface area contributed by atoms with E-state index in [2.05, 4.69) is 40.2 Å². The molecule has 0 aliphatic heterocycles. The van der Waals surface area contributed by atoms with Gasteiger partial charge in [-0.15, -0.1) is 0 Å². The lowest BCUT2D eigenvalue weighted by Crippen LogP contribution is -2.51. The molecule has 1 saturated carbocycles. The van der Waals surface area contributed by atoms with Crippen LogP contribution in [0.3, 0.4) is 0 Å². The second kappa shape index (κ2) is 5.90. The zero-order valence-corrected chi connectivity index (χ0v) is 13.4. The van der Waals surface area contributed by atoms with Crippen molar-refractivity contribution >= 4 is 15.9 Å². The van der Waals surface area contributed by atoms with Crippen molar-refractivity contribution in [1.82, 2.24) is 0 Å². The summed E-state index contributed by atoms with van der Waals surface area (Å²) < 4.78 is 13.8. The van der Waals surface area contributed by atoms with E-state index >= 15 is 0 Å². The number of benzene rings is 2. The van der Waals surface area contributed by atoms with E-state index in [1.807, 2.05) is 18.2 Å². The van der Waals surface area contributed by atoms with Crippen molar-refractivity contribution in [1.29, 1.82) is 0 Å². The molecule has 3 rings (SSSR count). The van der Waals surface area contributed by atoms with E-state index < -0.39 is 0 Å². The van der Waals surface area contributed by atoms with E-state index in [9.17, 15) is 4.39 Å². The summed E-state index contributed by atoms with van der Waals surface area (Å²) in [5, 5.41) is 0. The summed E-state index contributed by atoms with van der Waals surface area (Å²) in [5.74, 6) is -0.228. The van der Waals surface area contributed by atoms with Crippen LogP contribution in [0, 0.1) is 5.82 Å². The van der Waals surface area contributed by atoms with Gasteiger partial charge in [0.25, 0.3) is 0 Å². The van der Waals surface area contributed by atoms with Gasteiger partial charge in [0.05, 0.1) is 4.47 Å². The van der Waals surface area contributed by atoms with Crippen LogP contribution in [0.4, 0.5) is 4.39 Å². The summed E-state index contributed by atoms with van der Waals surface area (Å²) >= 11 is 3.25. The maximum Gasteiger partial charge on any atom is 0.137 e. The quantitative estimate of drug-likeness (QED) is 0.860. The SMILES string of the molecule is NC(Cc1ccc(F)c(Br)c1)C1(c2ccccc2)CCC1. The van der Waals surface area contributed by atoms with Crippen LogP contribution in [0.1, 0.15) is 30.4 Å². The van der Waals surface area contributed by atoms with Gasteiger partial charge in [-0.25, -0.2) is 4.39 Å². The first-order valence-electron chi connectivity index (χ1n) is 7.37. The van der Waals surface area contributed by atoms with Gasteiger partial charge in [-0.05, 0) is 58.5 Å². The molecule has 0 bridgehead atoms. The highest BCUT2D eigenvalue weighted by Gasteiger charge is 2.43. The van der Waals surface area contributed by atoms with Gasteiger partial charge < -0.3 is 5.73 Å². The predicted octanol–water partition coefficient (Wildman–Crippen LogP) is 4.58. The van der Waals surface area contributed by atoms with Crippen LogP contribution in [-0.4, -0.2) is 6.04 Å². The molecular weight excluding hydrogens is 329 g/mol. The normalized spacial score (nSPS) is 18.0. The van der Waals surface area contributed by atoms with Crippen LogP contribution in [0.25, 0.3) is 0 Å². The van der Waals surface area contributed by atoms with Crippen molar-refractivity contribution in [2.24, 2.45) is 5.73 Å². The van der Waals surface area contributed by atoms with E-state index in [-0.39, 0.29) is 17.3 Å². The number of hydrogen-bond acceptors (Lipinski definition) is 1. The van der Waals surface area contributed by atoms with Crippen molar-refractivity contribution < 1.29 is 4.39 Å². The summed E-state index contributed by atoms with van der Waals surface area (Å²) in [6.45, 7) is 0. The molecule has 1 unspecified atom stereocenters. The summed E-state index contributed by atoms with van der Waals surface area (Å²) in [5.41, 5.74) is 9.06. The summed E-state index contributed by atoms with van der Waals surface area (Å²) in [6, 6.07) is 15.8. The summed E-state index contributed by atoms with van der Waals surface area (Å²) in [4.78, 5) is 0. The number of nitrogens with two attached hydrogens (primary N) is 1. The zero-order chi connectivity index (χ0) is 14.9. The van der Waals surface area contributed by atoms with Crippen LogP contribution in [0.15, 0.2) is 53.0 Å². The van der Waals surface area contributed by atoms with Crippen LogP contribution in [-0.2, 0) is 11.8 Å². The molecule has 0 aromatic heterocycles. The van der Waals surface area contributed by atoms with Crippen LogP contribution in [0.5, 0.6) is 0 Å². The highest BCUT2D eigenvalue weighted by Crippen LogP contribution is 2.46. The Morgan fingerprint density at radius 1 is 1.14 bits per heavy atom. The van der Waals surface area contributed by atoms with E-state index in [0.29, 0.717) is 4.47 Å². The molecule has 1 aliphatic carbocycles. The van der Waals surface area contributed by atoms with Gasteiger partial charge in [-0.2, -0.15) is 0 Å². The Bertz CT molecular complexity index is 622. The molecule has 0 heterocycles. The highest BCUT2D eigenvalue weighted by molar-refractivity contribution is 9.10. The fraction of sp³-hybridized carbons (Fsp3) is 0.333. The lowest BCUT2D eigenvalue weighted by Gasteiger charge is -2.47. The van der Waals surface area contributed by atoms with Gasteiger partial charge in [0.15, 0.2) is 0 Å². The fourth-order valence-corrected chi connectivity index (χ4v) is 3.74. The van der Waals surface area contributed by atoms with Gasteiger partial charge in [-0.1, -0.05) is 42.8 Å². The smallest absolute Gasteiger partial charge is 0.137 e. The minimum atomic E-state index is -0.228. The highest BCUT2D eigenvalue weighted by atomic mass is 79.9. The molecule has 0 radical (unpaired) electrons. The van der Waals surface area contributed by atoms with Gasteiger partial charge in [0.1, 0.15) is 5.82 Å². The number of hydrogen-bond donors (Lipinski definition) is 1. The minimum absolute atomic E-state index is 0.0611. The van der Waals surface area contributed by atoms with Gasteiger partial charge in [0.2, 0.25) is 0 Å². The van der Waals surface area contributed by atoms with Gasteiger partial charge >= 0.3 is 0 Å². The lowest BCUT2D eigenvalue weighted by molar-refractivity contribution is 0.194. The Morgan fingerprint density at radius 3 is 2.43 bits per heavy atom. The molecule has 2 aromatic rings. The van der Waals surface area contributed by atoms with Crippen LogP contribution >= 0.6 is 15.9 Å². The number of halogens is 2. The number of rotatable bonds is 4. The molecule has 1 aliphatic rings. The Morgan fingerprint density at radius 2 is 1.86 bits per heavy atom. The first-order chi connectivity index (χ1) is 10.1. The molecule has 2 N–H and O–H groups in total. The van der Waals surface area contributed by atoms with Crippen molar-refractivity contribution in [3.05, 3.63) is 69.9 Å². The third-order valence-electron chi connectivity index (χ3n) is 4.74. The standard InChI is InChI=1S/C18H19BrFN/c19-15-11-13(7-8-16(15)20)12-17(21)18(9-4-10-18)14-5-2-1-3-6-14/h1-3,5-8,11,17H,4,9-10,12,21H2. The Hall–Kier alpha value is -1.19. The topological polar surface area (TPSA) is 26.0 Å². The van der Waals surface area contributed by atoms with Crippen molar-refractivity contribution in [3.63, 3.8) is 0 Å². The molecule has 110 valence electrons. The van der Waals surface area contributed by atoms with Crippen LogP contribution in [0.2, 0.25) is 0 Å². The van der Waals surface area contributed by atoms with Crippen molar-refractivity contribution in [2.45, 2.75) is 37.1 Å². The van der Waals surface area contributed by atoms with Crippen molar-refractivity contribution in [3.8, 4) is 0 Å². The molecule has 1 nitrogen and oxygen atoms in total. The minimum Gasteiger partial charge on any atom is -0.327 e. The van der Waals surface area contributed by atoms with E-state index in [1.165, 1.54) is 18.1 Å². The van der Waals surface area contributed by atoms with Gasteiger partial charge in [-0.3, -0.25) is 0 Å². The molecule has 1 fully saturated rings. The van der Waals surface area contributed by atoms with Crippen molar-refractivity contribution in [2.75, 3.05) is 0 Å². The lowest BCUT2D eigenvalue weighted by atomic mass is 9.59. The molecular formula is C18H19BrFN. The predicted molar refractivity (Wildman–Crippen MR) is 87.8 cm³/mol. The molecule has 1 atom stereocenters. The summed E-state index contributed by atoms with van der Waals surface area (Å²) in [6.07, 6.45) is 4.28. The molecule has 21 heavy (non-hydrogen) atoms. The monoisotopic (exact) mass is 347 g/mol.